The van der Waals surface area contributed by atoms with Gasteiger partial charge in [-0.2, -0.15) is 0 Å². The van der Waals surface area contributed by atoms with E-state index in [1.54, 1.807) is 18.2 Å². The maximum Gasteiger partial charge on any atom is 0.240 e. The van der Waals surface area contributed by atoms with Crippen LogP contribution in [-0.2, 0) is 19.6 Å². The molecule has 9 heteroatoms. The van der Waals surface area contributed by atoms with Crippen LogP contribution in [0.25, 0.3) is 0 Å². The van der Waals surface area contributed by atoms with Crippen molar-refractivity contribution in [3.63, 3.8) is 0 Å². The third-order valence-corrected chi connectivity index (χ3v) is 7.27. The van der Waals surface area contributed by atoms with Crippen LogP contribution in [0.5, 0.6) is 0 Å². The number of ether oxygens (including phenoxy) is 1. The average molecular weight is 440 g/mol. The minimum absolute atomic E-state index is 0.0722. The normalized spacial score (nSPS) is 25.7. The van der Waals surface area contributed by atoms with Gasteiger partial charge in [-0.3, -0.25) is 4.79 Å². The summed E-state index contributed by atoms with van der Waals surface area (Å²) in [6.07, 6.45) is 4.01. The van der Waals surface area contributed by atoms with E-state index in [2.05, 4.69) is 14.9 Å². The molecule has 2 aliphatic heterocycles. The Morgan fingerprint density at radius 3 is 2.57 bits per heavy atom. The first kappa shape index (κ1) is 23.1. The molecule has 2 saturated heterocycles. The smallest absolute Gasteiger partial charge is 0.240 e. The Bertz CT molecular complexity index is 768. The van der Waals surface area contributed by atoms with Gasteiger partial charge in [0, 0.05) is 13.1 Å². The molecule has 0 unspecified atom stereocenters. The molecule has 3 atom stereocenters. The minimum atomic E-state index is -3.69. The number of amides is 1. The summed E-state index contributed by atoms with van der Waals surface area (Å²) in [6.45, 7) is 3.36. The van der Waals surface area contributed by atoms with E-state index in [-0.39, 0.29) is 29.9 Å². The molecule has 8 nitrogen and oxygen atoms in total. The van der Waals surface area contributed by atoms with E-state index in [9.17, 15) is 18.3 Å². The molecule has 2 fully saturated rings. The highest BCUT2D eigenvalue weighted by molar-refractivity contribution is 7.89. The lowest BCUT2D eigenvalue weighted by Crippen LogP contribution is -2.51. The number of carbonyl (C=O) groups excluding carboxylic acids is 1. The summed E-state index contributed by atoms with van der Waals surface area (Å²) in [6, 6.07) is 7.60. The van der Waals surface area contributed by atoms with E-state index < -0.39 is 22.2 Å². The lowest BCUT2D eigenvalue weighted by molar-refractivity contribution is -0.130. The van der Waals surface area contributed by atoms with Crippen LogP contribution in [0.3, 0.4) is 0 Å². The standard InChI is InChI=1S/C21H33N3O5S/c25-16-20-19(23-30(27,28)18-7-3-1-4-8-18)10-9-17(29-20)15-21(26)22-11-14-24-12-5-2-6-13-24/h1,3-4,7-8,17,19-20,23,25H,2,5-6,9-16H2,(H,22,26)/t17-,19-,20+/m0/s1. The topological polar surface area (TPSA) is 108 Å². The lowest BCUT2D eigenvalue weighted by atomic mass is 9.98. The molecule has 2 heterocycles. The third-order valence-electron chi connectivity index (χ3n) is 5.77. The van der Waals surface area contributed by atoms with Crippen molar-refractivity contribution in [2.45, 2.75) is 61.7 Å². The molecule has 3 rings (SSSR count). The maximum atomic E-state index is 12.6. The summed E-state index contributed by atoms with van der Waals surface area (Å²) in [7, 11) is -3.69. The predicted molar refractivity (Wildman–Crippen MR) is 113 cm³/mol. The molecule has 30 heavy (non-hydrogen) atoms. The predicted octanol–water partition coefficient (Wildman–Crippen LogP) is 0.866. The molecule has 1 aromatic rings. The van der Waals surface area contributed by atoms with Crippen LogP contribution in [0.2, 0.25) is 0 Å². The molecule has 3 N–H and O–H groups in total. The molecule has 0 aromatic heterocycles. The molecule has 1 amide bonds. The van der Waals surface area contributed by atoms with Crippen molar-refractivity contribution in [3.8, 4) is 0 Å². The molecule has 0 saturated carbocycles. The zero-order valence-corrected chi connectivity index (χ0v) is 18.1. The average Bonchev–Trinajstić information content (AvgIpc) is 2.76. The van der Waals surface area contributed by atoms with Gasteiger partial charge in [0.05, 0.1) is 36.2 Å². The van der Waals surface area contributed by atoms with Crippen LogP contribution >= 0.6 is 0 Å². The fraction of sp³-hybridized carbons (Fsp3) is 0.667. The van der Waals surface area contributed by atoms with Gasteiger partial charge in [-0.05, 0) is 50.9 Å². The Morgan fingerprint density at radius 2 is 1.87 bits per heavy atom. The highest BCUT2D eigenvalue weighted by atomic mass is 32.2. The first-order chi connectivity index (χ1) is 14.5. The van der Waals surface area contributed by atoms with Gasteiger partial charge in [0.15, 0.2) is 0 Å². The van der Waals surface area contributed by atoms with Crippen LogP contribution in [0.1, 0.15) is 38.5 Å². The maximum absolute atomic E-state index is 12.6. The number of sulfonamides is 1. The third kappa shape index (κ3) is 6.75. The number of benzene rings is 1. The Labute approximate surface area is 179 Å². The van der Waals surface area contributed by atoms with Crippen molar-refractivity contribution in [2.75, 3.05) is 32.8 Å². The summed E-state index contributed by atoms with van der Waals surface area (Å²) in [5.74, 6) is -0.0722. The van der Waals surface area contributed by atoms with Crippen molar-refractivity contribution in [3.05, 3.63) is 30.3 Å². The Balaban J connectivity index is 1.44. The number of aliphatic hydroxyl groups excluding tert-OH is 1. The van der Waals surface area contributed by atoms with Crippen molar-refractivity contribution >= 4 is 15.9 Å². The summed E-state index contributed by atoms with van der Waals surface area (Å²) >= 11 is 0. The van der Waals surface area contributed by atoms with Crippen LogP contribution in [0.15, 0.2) is 35.2 Å². The monoisotopic (exact) mass is 439 g/mol. The first-order valence-corrected chi connectivity index (χ1v) is 12.3. The number of hydrogen-bond acceptors (Lipinski definition) is 6. The molecule has 168 valence electrons. The number of piperidine rings is 1. The van der Waals surface area contributed by atoms with Gasteiger partial charge >= 0.3 is 0 Å². The summed E-state index contributed by atoms with van der Waals surface area (Å²) in [4.78, 5) is 14.8. The lowest BCUT2D eigenvalue weighted by Gasteiger charge is -2.35. The van der Waals surface area contributed by atoms with Crippen molar-refractivity contribution in [1.29, 1.82) is 0 Å². The van der Waals surface area contributed by atoms with E-state index in [0.717, 1.165) is 19.6 Å². The van der Waals surface area contributed by atoms with Crippen molar-refractivity contribution in [2.24, 2.45) is 0 Å². The second kappa shape index (κ2) is 11.2. The Kier molecular flexibility index (Phi) is 8.64. The van der Waals surface area contributed by atoms with Gasteiger partial charge < -0.3 is 20.1 Å². The van der Waals surface area contributed by atoms with E-state index in [0.29, 0.717) is 19.4 Å². The van der Waals surface area contributed by atoms with Crippen LogP contribution < -0.4 is 10.0 Å². The van der Waals surface area contributed by atoms with Crippen molar-refractivity contribution in [1.82, 2.24) is 14.9 Å². The molecule has 0 aliphatic carbocycles. The van der Waals surface area contributed by atoms with E-state index >= 15 is 0 Å². The number of nitrogens with one attached hydrogen (secondary N) is 2. The molecular formula is C21H33N3O5S. The fourth-order valence-corrected chi connectivity index (χ4v) is 5.42. The second-order valence-corrected chi connectivity index (χ2v) is 9.77. The van der Waals surface area contributed by atoms with Gasteiger partial charge in [0.25, 0.3) is 0 Å². The SMILES string of the molecule is O=C(C[C@@H]1CC[C@H](NS(=O)(=O)c2ccccc2)[C@@H](CO)O1)NCCN1CCCCC1. The highest BCUT2D eigenvalue weighted by Crippen LogP contribution is 2.23. The number of rotatable bonds is 9. The fourth-order valence-electron chi connectivity index (χ4n) is 4.10. The largest absolute Gasteiger partial charge is 0.394 e. The summed E-state index contributed by atoms with van der Waals surface area (Å²) in [5.41, 5.74) is 0. The number of carbonyl (C=O) groups is 1. The molecule has 2 aliphatic rings. The van der Waals surface area contributed by atoms with Gasteiger partial charge in [-0.15, -0.1) is 0 Å². The molecule has 0 radical (unpaired) electrons. The van der Waals surface area contributed by atoms with E-state index in [4.69, 9.17) is 4.74 Å². The highest BCUT2D eigenvalue weighted by Gasteiger charge is 2.34. The van der Waals surface area contributed by atoms with Crippen LogP contribution in [0.4, 0.5) is 0 Å². The van der Waals surface area contributed by atoms with Gasteiger partial charge in [-0.1, -0.05) is 24.6 Å². The second-order valence-electron chi connectivity index (χ2n) is 8.05. The van der Waals surface area contributed by atoms with Gasteiger partial charge in [0.1, 0.15) is 0 Å². The number of hydrogen-bond donors (Lipinski definition) is 3. The number of nitrogens with zero attached hydrogens (tertiary/aromatic N) is 1. The zero-order valence-electron chi connectivity index (χ0n) is 17.3. The molecule has 0 spiro atoms. The number of likely N-dealkylation sites (tertiary alicyclic amines) is 1. The Hall–Kier alpha value is -1.52. The quantitative estimate of drug-likeness (QED) is 0.527. The minimum Gasteiger partial charge on any atom is -0.394 e. The summed E-state index contributed by atoms with van der Waals surface area (Å²) in [5, 5.41) is 12.6. The molecular weight excluding hydrogens is 406 g/mol. The number of aliphatic hydroxyl groups is 1. The van der Waals surface area contributed by atoms with Gasteiger partial charge in [-0.25, -0.2) is 13.1 Å². The first-order valence-electron chi connectivity index (χ1n) is 10.8. The van der Waals surface area contributed by atoms with Gasteiger partial charge in [0.2, 0.25) is 15.9 Å². The van der Waals surface area contributed by atoms with E-state index in [1.807, 2.05) is 0 Å². The summed E-state index contributed by atoms with van der Waals surface area (Å²) < 4.78 is 33.6. The van der Waals surface area contributed by atoms with Crippen molar-refractivity contribution < 1.29 is 23.1 Å². The van der Waals surface area contributed by atoms with Crippen LogP contribution in [-0.4, -0.2) is 75.4 Å². The Morgan fingerprint density at radius 1 is 1.13 bits per heavy atom. The molecule has 1 aromatic carbocycles. The van der Waals surface area contributed by atoms with Crippen LogP contribution in [0, 0.1) is 0 Å². The zero-order chi connectivity index (χ0) is 21.4. The molecule has 0 bridgehead atoms. The van der Waals surface area contributed by atoms with E-state index in [1.165, 1.54) is 31.4 Å².